The molecule has 0 N–H and O–H groups in total. The number of aromatic nitrogens is 1. The van der Waals surface area contributed by atoms with Gasteiger partial charge in [-0.1, -0.05) is 17.7 Å². The topological polar surface area (TPSA) is 66.9 Å². The number of nitrogens with zero attached hydrogens (tertiary/aromatic N) is 1. The molecule has 0 radical (unpaired) electrons. The van der Waals surface area contributed by atoms with Gasteiger partial charge in [0.1, 0.15) is 6.61 Å². The second-order valence-corrected chi connectivity index (χ2v) is 8.41. The Labute approximate surface area is 196 Å². The number of thioether (sulfide) groups is 1. The van der Waals surface area contributed by atoms with Gasteiger partial charge >= 0.3 is 5.97 Å². The van der Waals surface area contributed by atoms with Crippen LogP contribution in [0.5, 0.6) is 17.2 Å². The molecule has 0 aliphatic carbocycles. The molecule has 6 nitrogen and oxygen atoms in total. The fourth-order valence-corrected chi connectivity index (χ4v) is 4.99. The molecule has 1 aliphatic rings. The summed E-state index contributed by atoms with van der Waals surface area (Å²) >= 11 is 7.72. The van der Waals surface area contributed by atoms with Crippen molar-refractivity contribution in [2.75, 3.05) is 19.8 Å². The molecule has 0 bridgehead atoms. The molecule has 0 atom stereocenters. The summed E-state index contributed by atoms with van der Waals surface area (Å²) in [6.45, 7) is 7.16. The van der Waals surface area contributed by atoms with Gasteiger partial charge in [0.15, 0.2) is 11.5 Å². The molecule has 3 aromatic rings. The average Bonchev–Trinajstić information content (AvgIpc) is 3.17. The van der Waals surface area contributed by atoms with Crippen LogP contribution in [0.15, 0.2) is 35.4 Å². The van der Waals surface area contributed by atoms with Crippen molar-refractivity contribution < 1.29 is 23.7 Å². The monoisotopic (exact) mass is 473 g/mol. The Morgan fingerprint density at radius 1 is 1.03 bits per heavy atom. The molecule has 168 valence electrons. The summed E-state index contributed by atoms with van der Waals surface area (Å²) in [5.74, 6) is 1.70. The van der Waals surface area contributed by atoms with E-state index in [-0.39, 0.29) is 12.6 Å². The van der Waals surface area contributed by atoms with E-state index >= 15 is 0 Å². The number of rotatable bonds is 9. The predicted octanol–water partition coefficient (Wildman–Crippen LogP) is 6.05. The molecule has 0 unspecified atom stereocenters. The van der Waals surface area contributed by atoms with Crippen LogP contribution < -0.4 is 14.2 Å². The van der Waals surface area contributed by atoms with Crippen molar-refractivity contribution in [1.29, 1.82) is 0 Å². The number of cyclic esters (lactones) is 1. The lowest BCUT2D eigenvalue weighted by Gasteiger charge is -2.21. The number of hydrogen-bond donors (Lipinski definition) is 0. The molecule has 2 heterocycles. The first-order valence-corrected chi connectivity index (χ1v) is 11.9. The number of fused-ring (bicyclic) bond motifs is 2. The fourth-order valence-electron chi connectivity index (χ4n) is 3.76. The standard InChI is InChI=1S/C24H24ClNO5S/c1-4-28-21-16-12-31-24(27)20(16)17(22(29-5-2)23(21)30-6-3)13-32-19-9-10-26-18-11-14(25)7-8-15(18)19/h7-11H,4-6,12-13H2,1-3H3. The molecular formula is C24H24ClNO5S. The van der Waals surface area contributed by atoms with Gasteiger partial charge in [-0.2, -0.15) is 0 Å². The molecule has 1 aromatic heterocycles. The van der Waals surface area contributed by atoms with Gasteiger partial charge in [-0.25, -0.2) is 4.79 Å². The largest absolute Gasteiger partial charge is 0.489 e. The minimum Gasteiger partial charge on any atom is -0.489 e. The van der Waals surface area contributed by atoms with E-state index in [1.165, 1.54) is 0 Å². The Bertz CT molecular complexity index is 1170. The smallest absolute Gasteiger partial charge is 0.339 e. The Kier molecular flexibility index (Phi) is 6.96. The maximum Gasteiger partial charge on any atom is 0.339 e. The first-order valence-electron chi connectivity index (χ1n) is 10.5. The number of halogens is 1. The summed E-state index contributed by atoms with van der Waals surface area (Å²) < 4.78 is 23.3. The number of benzene rings is 2. The van der Waals surface area contributed by atoms with Crippen molar-refractivity contribution in [3.8, 4) is 17.2 Å². The zero-order valence-electron chi connectivity index (χ0n) is 18.2. The molecule has 8 heteroatoms. The second kappa shape index (κ2) is 9.88. The van der Waals surface area contributed by atoms with Crippen LogP contribution >= 0.6 is 23.4 Å². The molecular weight excluding hydrogens is 450 g/mol. The predicted molar refractivity (Wildman–Crippen MR) is 125 cm³/mol. The highest BCUT2D eigenvalue weighted by molar-refractivity contribution is 7.98. The molecule has 0 fully saturated rings. The van der Waals surface area contributed by atoms with Gasteiger partial charge in [0.2, 0.25) is 5.75 Å². The van der Waals surface area contributed by atoms with Crippen molar-refractivity contribution in [3.63, 3.8) is 0 Å². The van der Waals surface area contributed by atoms with Gasteiger partial charge in [0.25, 0.3) is 0 Å². The van der Waals surface area contributed by atoms with Crippen molar-refractivity contribution >= 4 is 40.2 Å². The van der Waals surface area contributed by atoms with E-state index in [1.54, 1.807) is 18.0 Å². The number of carbonyl (C=O) groups is 1. The van der Waals surface area contributed by atoms with Crippen molar-refractivity contribution in [2.45, 2.75) is 38.0 Å². The summed E-state index contributed by atoms with van der Waals surface area (Å²) in [4.78, 5) is 18.2. The summed E-state index contributed by atoms with van der Waals surface area (Å²) in [5.41, 5.74) is 2.79. The number of esters is 1. The molecule has 32 heavy (non-hydrogen) atoms. The summed E-state index contributed by atoms with van der Waals surface area (Å²) in [6.07, 6.45) is 1.76. The summed E-state index contributed by atoms with van der Waals surface area (Å²) in [7, 11) is 0. The number of carbonyl (C=O) groups excluding carboxylic acids is 1. The Balaban J connectivity index is 1.82. The average molecular weight is 474 g/mol. The van der Waals surface area contributed by atoms with E-state index in [4.69, 9.17) is 30.5 Å². The first-order chi connectivity index (χ1) is 15.6. The van der Waals surface area contributed by atoms with E-state index in [2.05, 4.69) is 4.98 Å². The van der Waals surface area contributed by atoms with Crippen LogP contribution in [-0.2, 0) is 17.1 Å². The lowest BCUT2D eigenvalue weighted by atomic mass is 10.0. The second-order valence-electron chi connectivity index (χ2n) is 6.95. The van der Waals surface area contributed by atoms with Crippen molar-refractivity contribution in [3.05, 3.63) is 52.2 Å². The molecule has 0 saturated heterocycles. The first kappa shape index (κ1) is 22.6. The molecule has 2 aromatic carbocycles. The van der Waals surface area contributed by atoms with Gasteiger partial charge < -0.3 is 18.9 Å². The van der Waals surface area contributed by atoms with E-state index in [1.807, 2.05) is 45.0 Å². The van der Waals surface area contributed by atoms with E-state index < -0.39 is 0 Å². The molecule has 0 spiro atoms. The van der Waals surface area contributed by atoms with Gasteiger partial charge in [-0.3, -0.25) is 4.98 Å². The fraction of sp³-hybridized carbons (Fsp3) is 0.333. The van der Waals surface area contributed by atoms with Crippen LogP contribution in [-0.4, -0.2) is 30.8 Å². The van der Waals surface area contributed by atoms with Gasteiger partial charge in [-0.15, -0.1) is 11.8 Å². The zero-order valence-corrected chi connectivity index (χ0v) is 19.8. The van der Waals surface area contributed by atoms with Crippen molar-refractivity contribution in [2.24, 2.45) is 0 Å². The number of hydrogen-bond acceptors (Lipinski definition) is 7. The Morgan fingerprint density at radius 3 is 2.50 bits per heavy atom. The SMILES string of the molecule is CCOc1c2c(c(CSc3ccnc4cc(Cl)ccc34)c(OCC)c1OCC)C(=O)OC2. The third-order valence-electron chi connectivity index (χ3n) is 5.02. The van der Waals surface area contributed by atoms with Crippen LogP contribution in [0.25, 0.3) is 10.9 Å². The van der Waals surface area contributed by atoms with Crippen LogP contribution in [0.3, 0.4) is 0 Å². The molecule has 0 amide bonds. The maximum atomic E-state index is 12.7. The minimum atomic E-state index is -0.369. The van der Waals surface area contributed by atoms with Crippen LogP contribution in [0.4, 0.5) is 0 Å². The number of ether oxygens (including phenoxy) is 4. The molecule has 1 aliphatic heterocycles. The van der Waals surface area contributed by atoms with Gasteiger partial charge in [0, 0.05) is 32.8 Å². The minimum absolute atomic E-state index is 0.157. The highest BCUT2D eigenvalue weighted by Crippen LogP contribution is 2.50. The third-order valence-corrected chi connectivity index (χ3v) is 6.35. The van der Waals surface area contributed by atoms with Gasteiger partial charge in [-0.05, 0) is 39.0 Å². The third kappa shape index (κ3) is 4.19. The summed E-state index contributed by atoms with van der Waals surface area (Å²) in [6, 6.07) is 7.60. The summed E-state index contributed by atoms with van der Waals surface area (Å²) in [5, 5.41) is 1.63. The number of pyridine rings is 1. The Hall–Kier alpha value is -2.64. The van der Waals surface area contributed by atoms with Gasteiger partial charge in [0.05, 0.1) is 36.5 Å². The highest BCUT2D eigenvalue weighted by Gasteiger charge is 2.35. The van der Waals surface area contributed by atoms with E-state index in [0.717, 1.165) is 21.4 Å². The van der Waals surface area contributed by atoms with E-state index in [0.29, 0.717) is 59.0 Å². The highest BCUT2D eigenvalue weighted by atomic mass is 35.5. The van der Waals surface area contributed by atoms with Crippen molar-refractivity contribution in [1.82, 2.24) is 4.98 Å². The maximum absolute atomic E-state index is 12.7. The Morgan fingerprint density at radius 2 is 1.75 bits per heavy atom. The quantitative estimate of drug-likeness (QED) is 0.277. The molecule has 4 rings (SSSR count). The lowest BCUT2D eigenvalue weighted by molar-refractivity contribution is 0.0533. The van der Waals surface area contributed by atoms with Crippen LogP contribution in [0.2, 0.25) is 5.02 Å². The normalized spacial score (nSPS) is 12.6. The van der Waals surface area contributed by atoms with E-state index in [9.17, 15) is 4.79 Å². The lowest BCUT2D eigenvalue weighted by Crippen LogP contribution is -2.10. The molecule has 0 saturated carbocycles. The van der Waals surface area contributed by atoms with Crippen LogP contribution in [0.1, 0.15) is 42.3 Å². The van der Waals surface area contributed by atoms with Crippen LogP contribution in [0, 0.1) is 0 Å². The zero-order chi connectivity index (χ0) is 22.7.